The molecule has 7 heteroatoms. The second-order valence-corrected chi connectivity index (χ2v) is 5.38. The van der Waals surface area contributed by atoms with Gasteiger partial charge in [0.15, 0.2) is 5.84 Å². The molecule has 1 saturated heterocycles. The van der Waals surface area contributed by atoms with E-state index < -0.39 is 0 Å². The van der Waals surface area contributed by atoms with E-state index in [1.165, 1.54) is 12.6 Å². The third-order valence-electron chi connectivity index (χ3n) is 3.89. The molecular formula is C14H21N5O2. The fourth-order valence-corrected chi connectivity index (χ4v) is 2.53. The lowest BCUT2D eigenvalue weighted by Gasteiger charge is -2.25. The quantitative estimate of drug-likeness (QED) is 0.361. The van der Waals surface area contributed by atoms with Crippen LogP contribution in [0.25, 0.3) is 0 Å². The number of hydrogen-bond donors (Lipinski definition) is 2. The Morgan fingerprint density at radius 2 is 2.38 bits per heavy atom. The molecule has 1 aliphatic rings. The molecule has 7 nitrogen and oxygen atoms in total. The molecule has 0 spiro atoms. The van der Waals surface area contributed by atoms with Gasteiger partial charge in [0.1, 0.15) is 5.69 Å². The Labute approximate surface area is 124 Å². The average Bonchev–Trinajstić information content (AvgIpc) is 2.91. The molecule has 1 aliphatic heterocycles. The lowest BCUT2D eigenvalue weighted by atomic mass is 10.2. The van der Waals surface area contributed by atoms with Crippen molar-refractivity contribution in [2.45, 2.75) is 18.9 Å². The summed E-state index contributed by atoms with van der Waals surface area (Å²) in [6, 6.07) is 3.62. The number of nitrogens with two attached hydrogens (primary N) is 1. The number of likely N-dealkylation sites (tertiary alicyclic amines) is 1. The zero-order valence-corrected chi connectivity index (χ0v) is 12.4. The standard InChI is InChI=1S/C14H21N5O2/c1-18-7-3-4-11(18)9-19(2)14(20)12-6-5-10(8-16-12)13(15)17-21/h5-6,8,11,21H,3-4,7,9H2,1-2H3,(H2,15,17). The topological polar surface area (TPSA) is 95.0 Å². The lowest BCUT2D eigenvalue weighted by Crippen LogP contribution is -2.39. The van der Waals surface area contributed by atoms with Gasteiger partial charge in [-0.25, -0.2) is 0 Å². The molecule has 2 heterocycles. The first-order valence-corrected chi connectivity index (χ1v) is 6.92. The Morgan fingerprint density at radius 3 is 2.90 bits per heavy atom. The van der Waals surface area contributed by atoms with Crippen LogP contribution in [0.15, 0.2) is 23.5 Å². The van der Waals surface area contributed by atoms with Crippen molar-refractivity contribution in [3.63, 3.8) is 0 Å². The van der Waals surface area contributed by atoms with E-state index in [0.717, 1.165) is 13.0 Å². The first-order valence-electron chi connectivity index (χ1n) is 6.92. The number of aromatic nitrogens is 1. The number of likely N-dealkylation sites (N-methyl/N-ethyl adjacent to an activating group) is 2. The van der Waals surface area contributed by atoms with Gasteiger partial charge in [-0.3, -0.25) is 9.78 Å². The SMILES string of the molecule is CN(CC1CCCN1C)C(=O)c1ccc(C(N)=NO)cn1. The summed E-state index contributed by atoms with van der Waals surface area (Å²) in [6.45, 7) is 1.78. The predicted molar refractivity (Wildman–Crippen MR) is 79.4 cm³/mol. The number of amidine groups is 1. The van der Waals surface area contributed by atoms with E-state index in [0.29, 0.717) is 23.8 Å². The third kappa shape index (κ3) is 3.49. The summed E-state index contributed by atoms with van der Waals surface area (Å²) in [5.74, 6) is -0.149. The molecular weight excluding hydrogens is 270 g/mol. The second-order valence-electron chi connectivity index (χ2n) is 5.38. The summed E-state index contributed by atoms with van der Waals surface area (Å²) in [7, 11) is 3.87. The van der Waals surface area contributed by atoms with Gasteiger partial charge < -0.3 is 20.7 Å². The van der Waals surface area contributed by atoms with E-state index in [9.17, 15) is 4.79 Å². The maximum absolute atomic E-state index is 12.3. The number of hydrogen-bond acceptors (Lipinski definition) is 5. The van der Waals surface area contributed by atoms with Crippen molar-refractivity contribution in [3.8, 4) is 0 Å². The molecule has 1 amide bonds. The number of nitrogens with zero attached hydrogens (tertiary/aromatic N) is 4. The average molecular weight is 291 g/mol. The van der Waals surface area contributed by atoms with Gasteiger partial charge >= 0.3 is 0 Å². The molecule has 0 radical (unpaired) electrons. The van der Waals surface area contributed by atoms with Gasteiger partial charge in [-0.15, -0.1) is 0 Å². The van der Waals surface area contributed by atoms with Crippen LogP contribution in [-0.4, -0.2) is 65.0 Å². The van der Waals surface area contributed by atoms with Crippen LogP contribution in [0.5, 0.6) is 0 Å². The van der Waals surface area contributed by atoms with Crippen LogP contribution >= 0.6 is 0 Å². The smallest absolute Gasteiger partial charge is 0.272 e. The fraction of sp³-hybridized carbons (Fsp3) is 0.500. The third-order valence-corrected chi connectivity index (χ3v) is 3.89. The zero-order valence-electron chi connectivity index (χ0n) is 12.4. The van der Waals surface area contributed by atoms with Crippen molar-refractivity contribution < 1.29 is 10.0 Å². The highest BCUT2D eigenvalue weighted by atomic mass is 16.4. The van der Waals surface area contributed by atoms with Gasteiger partial charge in [-0.1, -0.05) is 5.16 Å². The molecule has 0 aliphatic carbocycles. The highest BCUT2D eigenvalue weighted by molar-refractivity contribution is 5.98. The van der Waals surface area contributed by atoms with Crippen molar-refractivity contribution in [1.29, 1.82) is 0 Å². The molecule has 114 valence electrons. The molecule has 0 aromatic carbocycles. The van der Waals surface area contributed by atoms with Gasteiger partial charge in [0.25, 0.3) is 5.91 Å². The number of pyridine rings is 1. The van der Waals surface area contributed by atoms with Crippen LogP contribution in [0, 0.1) is 0 Å². The van der Waals surface area contributed by atoms with Crippen molar-refractivity contribution in [3.05, 3.63) is 29.6 Å². The first kappa shape index (κ1) is 15.2. The summed E-state index contributed by atoms with van der Waals surface area (Å²) >= 11 is 0. The van der Waals surface area contributed by atoms with E-state index >= 15 is 0 Å². The van der Waals surface area contributed by atoms with Crippen LogP contribution in [-0.2, 0) is 0 Å². The molecule has 1 unspecified atom stereocenters. The van der Waals surface area contributed by atoms with Gasteiger partial charge in [-0.2, -0.15) is 0 Å². The largest absolute Gasteiger partial charge is 0.409 e. The summed E-state index contributed by atoms with van der Waals surface area (Å²) in [6.07, 6.45) is 3.72. The van der Waals surface area contributed by atoms with Crippen LogP contribution in [0.2, 0.25) is 0 Å². The Balaban J connectivity index is 2.02. The molecule has 21 heavy (non-hydrogen) atoms. The normalized spacial score (nSPS) is 19.7. The summed E-state index contributed by atoms with van der Waals surface area (Å²) in [4.78, 5) is 20.4. The van der Waals surface area contributed by atoms with Crippen molar-refractivity contribution >= 4 is 11.7 Å². The number of amides is 1. The maximum Gasteiger partial charge on any atom is 0.272 e. The van der Waals surface area contributed by atoms with Crippen molar-refractivity contribution in [1.82, 2.24) is 14.8 Å². The van der Waals surface area contributed by atoms with Crippen molar-refractivity contribution in [2.24, 2.45) is 10.9 Å². The Kier molecular flexibility index (Phi) is 4.74. The number of rotatable bonds is 4. The van der Waals surface area contributed by atoms with Gasteiger partial charge in [0, 0.05) is 31.4 Å². The molecule has 0 saturated carbocycles. The summed E-state index contributed by atoms with van der Waals surface area (Å²) < 4.78 is 0. The molecule has 1 fully saturated rings. The Hall–Kier alpha value is -2.15. The molecule has 1 atom stereocenters. The minimum atomic E-state index is -0.124. The van der Waals surface area contributed by atoms with Crippen LogP contribution in [0.4, 0.5) is 0 Å². The van der Waals surface area contributed by atoms with Crippen LogP contribution < -0.4 is 5.73 Å². The second kappa shape index (κ2) is 6.53. The van der Waals surface area contributed by atoms with Crippen LogP contribution in [0.3, 0.4) is 0 Å². The summed E-state index contributed by atoms with van der Waals surface area (Å²) in [5.41, 5.74) is 6.30. The van der Waals surface area contributed by atoms with Gasteiger partial charge in [-0.05, 0) is 38.6 Å². The maximum atomic E-state index is 12.3. The molecule has 2 rings (SSSR count). The predicted octanol–water partition coefficient (Wildman–Crippen LogP) is 0.342. The first-order chi connectivity index (χ1) is 10.0. The number of carbonyl (C=O) groups excluding carboxylic acids is 1. The highest BCUT2D eigenvalue weighted by Gasteiger charge is 2.24. The minimum Gasteiger partial charge on any atom is -0.409 e. The monoisotopic (exact) mass is 291 g/mol. The highest BCUT2D eigenvalue weighted by Crippen LogP contribution is 2.16. The fourth-order valence-electron chi connectivity index (χ4n) is 2.53. The van der Waals surface area contributed by atoms with Gasteiger partial charge in [0.2, 0.25) is 0 Å². The zero-order chi connectivity index (χ0) is 15.4. The summed E-state index contributed by atoms with van der Waals surface area (Å²) in [5, 5.41) is 11.5. The number of oxime groups is 1. The minimum absolute atomic E-state index is 0.0255. The Bertz CT molecular complexity index is 529. The van der Waals surface area contributed by atoms with Crippen molar-refractivity contribution in [2.75, 3.05) is 27.2 Å². The van der Waals surface area contributed by atoms with E-state index in [2.05, 4.69) is 22.1 Å². The molecule has 1 aromatic heterocycles. The lowest BCUT2D eigenvalue weighted by molar-refractivity contribution is 0.0756. The van der Waals surface area contributed by atoms with Gasteiger partial charge in [0.05, 0.1) is 0 Å². The number of carbonyl (C=O) groups is 1. The van der Waals surface area contributed by atoms with E-state index in [1.54, 1.807) is 24.1 Å². The Morgan fingerprint density at radius 1 is 1.62 bits per heavy atom. The van der Waals surface area contributed by atoms with E-state index in [1.807, 2.05) is 0 Å². The molecule has 1 aromatic rings. The molecule has 3 N–H and O–H groups in total. The van der Waals surface area contributed by atoms with E-state index in [-0.39, 0.29) is 11.7 Å². The molecule has 0 bridgehead atoms. The van der Waals surface area contributed by atoms with E-state index in [4.69, 9.17) is 10.9 Å². The van der Waals surface area contributed by atoms with Crippen LogP contribution in [0.1, 0.15) is 28.9 Å².